The molecule has 0 atom stereocenters. The Labute approximate surface area is 193 Å². The monoisotopic (exact) mass is 466 g/mol. The molecule has 4 rings (SSSR count). The molecule has 0 amide bonds. The number of anilines is 1. The van der Waals surface area contributed by atoms with Gasteiger partial charge in [0.2, 0.25) is 0 Å². The van der Waals surface area contributed by atoms with Crippen LogP contribution in [0.5, 0.6) is 0 Å². The molecule has 1 heterocycles. The fourth-order valence-corrected chi connectivity index (χ4v) is 3.98. The molecular formula is C26H18ClF3N2O. The Morgan fingerprint density at radius 3 is 1.58 bits per heavy atom. The first-order valence-electron chi connectivity index (χ1n) is 10.0. The van der Waals surface area contributed by atoms with Gasteiger partial charge in [-0.05, 0) is 22.8 Å². The first-order chi connectivity index (χ1) is 15.8. The van der Waals surface area contributed by atoms with Crippen molar-refractivity contribution in [1.29, 1.82) is 0 Å². The van der Waals surface area contributed by atoms with Crippen molar-refractivity contribution in [3.05, 3.63) is 131 Å². The molecule has 1 N–H and O–H groups in total. The highest BCUT2D eigenvalue weighted by atomic mass is 35.5. The van der Waals surface area contributed by atoms with Gasteiger partial charge in [0.25, 0.3) is 5.78 Å². The Hall–Kier alpha value is -3.64. The third-order valence-electron chi connectivity index (χ3n) is 5.28. The lowest BCUT2D eigenvalue weighted by atomic mass is 9.77. The number of nitrogens with one attached hydrogen (secondary N) is 1. The minimum Gasteiger partial charge on any atom is -0.352 e. The van der Waals surface area contributed by atoms with Crippen LogP contribution in [-0.2, 0) is 5.54 Å². The molecular weight excluding hydrogens is 449 g/mol. The third-order valence-corrected chi connectivity index (χ3v) is 5.49. The van der Waals surface area contributed by atoms with E-state index in [2.05, 4.69) is 10.3 Å². The van der Waals surface area contributed by atoms with Crippen molar-refractivity contribution < 1.29 is 18.0 Å². The number of aromatic nitrogens is 1. The molecule has 0 saturated carbocycles. The summed E-state index contributed by atoms with van der Waals surface area (Å²) >= 11 is 5.92. The predicted molar refractivity (Wildman–Crippen MR) is 122 cm³/mol. The number of Topliss-reactive ketones (excluding diaryl/α,β-unsaturated/α-hetero) is 1. The Kier molecular flexibility index (Phi) is 6.20. The second-order valence-electron chi connectivity index (χ2n) is 7.35. The highest BCUT2D eigenvalue weighted by Gasteiger charge is 2.43. The summed E-state index contributed by atoms with van der Waals surface area (Å²) in [4.78, 5) is 16.4. The van der Waals surface area contributed by atoms with Crippen LogP contribution in [0.15, 0.2) is 103 Å². The average Bonchev–Trinajstić information content (AvgIpc) is 2.84. The fraction of sp³-hybridized carbons (Fsp3) is 0.0769. The molecule has 0 spiro atoms. The molecule has 0 aliphatic rings. The van der Waals surface area contributed by atoms with Crippen molar-refractivity contribution in [3.8, 4) is 0 Å². The maximum Gasteiger partial charge on any atom is 0.455 e. The van der Waals surface area contributed by atoms with Crippen LogP contribution in [-0.4, -0.2) is 16.9 Å². The Bertz CT molecular complexity index is 1150. The lowest BCUT2D eigenvalue weighted by molar-refractivity contribution is -0.0884. The predicted octanol–water partition coefficient (Wildman–Crippen LogP) is 6.88. The average molecular weight is 467 g/mol. The highest BCUT2D eigenvalue weighted by Crippen LogP contribution is 2.41. The summed E-state index contributed by atoms with van der Waals surface area (Å²) < 4.78 is 40.2. The molecule has 3 aromatic carbocycles. The van der Waals surface area contributed by atoms with Crippen molar-refractivity contribution in [1.82, 2.24) is 4.98 Å². The first-order valence-corrected chi connectivity index (χ1v) is 10.4. The van der Waals surface area contributed by atoms with Gasteiger partial charge in [0.05, 0.1) is 10.6 Å². The van der Waals surface area contributed by atoms with Gasteiger partial charge in [-0.15, -0.1) is 0 Å². The third kappa shape index (κ3) is 4.47. The minimum atomic E-state index is -5.09. The van der Waals surface area contributed by atoms with E-state index in [0.29, 0.717) is 0 Å². The molecule has 0 aliphatic heterocycles. The smallest absolute Gasteiger partial charge is 0.352 e. The van der Waals surface area contributed by atoms with E-state index in [4.69, 9.17) is 11.6 Å². The second-order valence-corrected chi connectivity index (χ2v) is 7.79. The number of rotatable bonds is 6. The van der Waals surface area contributed by atoms with Gasteiger partial charge in [0.1, 0.15) is 11.4 Å². The minimum absolute atomic E-state index is 0.0714. The Morgan fingerprint density at radius 2 is 1.18 bits per heavy atom. The summed E-state index contributed by atoms with van der Waals surface area (Å²) in [6, 6.07) is 28.8. The van der Waals surface area contributed by atoms with Crippen LogP contribution in [0.25, 0.3) is 0 Å². The number of hydrogen-bond donors (Lipinski definition) is 1. The molecule has 4 aromatic rings. The van der Waals surface area contributed by atoms with Crippen molar-refractivity contribution in [2.24, 2.45) is 0 Å². The summed E-state index contributed by atoms with van der Waals surface area (Å²) in [6.07, 6.45) is -3.87. The first kappa shape index (κ1) is 22.6. The van der Waals surface area contributed by atoms with Gasteiger partial charge in [-0.1, -0.05) is 103 Å². The lowest BCUT2D eigenvalue weighted by Gasteiger charge is -2.37. The summed E-state index contributed by atoms with van der Waals surface area (Å²) in [5.41, 5.74) is 0.464. The molecule has 33 heavy (non-hydrogen) atoms. The van der Waals surface area contributed by atoms with Crippen LogP contribution in [0, 0.1) is 0 Å². The number of carbonyl (C=O) groups is 1. The Balaban J connectivity index is 2.02. The summed E-state index contributed by atoms with van der Waals surface area (Å²) in [5, 5.41) is 3.13. The molecule has 3 nitrogen and oxygen atoms in total. The molecule has 0 aliphatic carbocycles. The Morgan fingerprint density at radius 1 is 0.758 bits per heavy atom. The SMILES string of the molecule is O=C(c1cc(Cl)cnc1NC(c1ccccc1)(c1ccccc1)c1ccccc1)C(F)(F)F. The van der Waals surface area contributed by atoms with E-state index in [0.717, 1.165) is 22.8 Å². The van der Waals surface area contributed by atoms with Gasteiger partial charge >= 0.3 is 6.18 Å². The molecule has 0 saturated heterocycles. The van der Waals surface area contributed by atoms with E-state index < -0.39 is 23.1 Å². The largest absolute Gasteiger partial charge is 0.455 e. The number of hydrogen-bond acceptors (Lipinski definition) is 3. The van der Waals surface area contributed by atoms with Gasteiger partial charge in [-0.25, -0.2) is 4.98 Å². The van der Waals surface area contributed by atoms with Crippen LogP contribution >= 0.6 is 11.6 Å². The van der Waals surface area contributed by atoms with Gasteiger partial charge < -0.3 is 5.32 Å². The molecule has 7 heteroatoms. The van der Waals surface area contributed by atoms with Crippen LogP contribution in [0.1, 0.15) is 27.0 Å². The van der Waals surface area contributed by atoms with Gasteiger partial charge in [0.15, 0.2) is 0 Å². The van der Waals surface area contributed by atoms with Gasteiger partial charge in [-0.3, -0.25) is 4.79 Å². The molecule has 1 aromatic heterocycles. The van der Waals surface area contributed by atoms with Crippen molar-refractivity contribution >= 4 is 23.2 Å². The summed E-state index contributed by atoms with van der Waals surface area (Å²) in [5.74, 6) is -2.25. The summed E-state index contributed by atoms with van der Waals surface area (Å²) in [7, 11) is 0. The van der Waals surface area contributed by atoms with Crippen molar-refractivity contribution in [2.75, 3.05) is 5.32 Å². The van der Waals surface area contributed by atoms with E-state index in [1.54, 1.807) is 0 Å². The fourth-order valence-electron chi connectivity index (χ4n) is 3.82. The normalized spacial score (nSPS) is 11.8. The maximum atomic E-state index is 13.4. The van der Waals surface area contributed by atoms with E-state index >= 15 is 0 Å². The zero-order chi connectivity index (χ0) is 23.5. The molecule has 0 fully saturated rings. The van der Waals surface area contributed by atoms with E-state index in [-0.39, 0.29) is 10.8 Å². The van der Waals surface area contributed by atoms with E-state index in [1.807, 2.05) is 91.0 Å². The van der Waals surface area contributed by atoms with Crippen LogP contribution in [0.2, 0.25) is 5.02 Å². The van der Waals surface area contributed by atoms with Crippen molar-refractivity contribution in [3.63, 3.8) is 0 Å². The molecule has 0 bridgehead atoms. The van der Waals surface area contributed by atoms with Gasteiger partial charge in [0, 0.05) is 6.20 Å². The van der Waals surface area contributed by atoms with Gasteiger partial charge in [-0.2, -0.15) is 13.2 Å². The lowest BCUT2D eigenvalue weighted by Crippen LogP contribution is -2.39. The number of ketones is 1. The standard InChI is InChI=1S/C26H18ClF3N2O/c27-21-16-22(23(33)26(28,29)30)24(31-17-21)32-25(18-10-4-1-5-11-18,19-12-6-2-7-13-19)20-14-8-3-9-15-20/h1-17H,(H,31,32). The highest BCUT2D eigenvalue weighted by molar-refractivity contribution is 6.31. The number of carbonyl (C=O) groups excluding carboxylic acids is 1. The zero-order valence-electron chi connectivity index (χ0n) is 17.2. The van der Waals surface area contributed by atoms with E-state index in [1.165, 1.54) is 6.20 Å². The quantitative estimate of drug-likeness (QED) is 0.248. The maximum absolute atomic E-state index is 13.4. The zero-order valence-corrected chi connectivity index (χ0v) is 17.9. The second kappa shape index (κ2) is 9.08. The van der Waals surface area contributed by atoms with E-state index in [9.17, 15) is 18.0 Å². The van der Waals surface area contributed by atoms with Crippen LogP contribution in [0.3, 0.4) is 0 Å². The number of benzene rings is 3. The molecule has 0 radical (unpaired) electrons. The number of halogens is 4. The topological polar surface area (TPSA) is 42.0 Å². The number of nitrogens with zero attached hydrogens (tertiary/aromatic N) is 1. The number of pyridine rings is 1. The number of alkyl halides is 3. The van der Waals surface area contributed by atoms with Crippen LogP contribution < -0.4 is 5.32 Å². The summed E-state index contributed by atoms with van der Waals surface area (Å²) in [6.45, 7) is 0. The van der Waals surface area contributed by atoms with Crippen LogP contribution in [0.4, 0.5) is 19.0 Å². The van der Waals surface area contributed by atoms with Crippen molar-refractivity contribution in [2.45, 2.75) is 11.7 Å². The molecule has 0 unspecified atom stereocenters. The molecule has 166 valence electrons.